The highest BCUT2D eigenvalue weighted by molar-refractivity contribution is 7.89. The van der Waals surface area contributed by atoms with Crippen molar-refractivity contribution >= 4 is 26.8 Å². The Morgan fingerprint density at radius 3 is 2.69 bits per heavy atom. The number of hydrogen-bond acceptors (Lipinski definition) is 5. The molecule has 1 aliphatic heterocycles. The lowest BCUT2D eigenvalue weighted by molar-refractivity contribution is 0.0642. The van der Waals surface area contributed by atoms with Crippen LogP contribution in [0, 0.1) is 0 Å². The maximum Gasteiger partial charge on any atom is 0.253 e. The molecule has 1 saturated heterocycles. The lowest BCUT2D eigenvalue weighted by Gasteiger charge is -2.38. The molecule has 1 amide bonds. The molecule has 0 radical (unpaired) electrons. The molecule has 1 aromatic carbocycles. The van der Waals surface area contributed by atoms with Crippen LogP contribution >= 0.6 is 0 Å². The maximum atomic E-state index is 13.4. The van der Waals surface area contributed by atoms with Gasteiger partial charge in [-0.2, -0.15) is 4.31 Å². The molecule has 0 bridgehead atoms. The van der Waals surface area contributed by atoms with Gasteiger partial charge in [0.05, 0.1) is 18.8 Å². The van der Waals surface area contributed by atoms with Crippen LogP contribution in [0.15, 0.2) is 53.7 Å². The van der Waals surface area contributed by atoms with Crippen LogP contribution in [0.3, 0.4) is 0 Å². The smallest absolute Gasteiger partial charge is 0.253 e. The Kier molecular flexibility index (Phi) is 5.01. The molecule has 2 aromatic heterocycles. The number of carbonyl (C=O) groups excluding carboxylic acids is 1. The summed E-state index contributed by atoms with van der Waals surface area (Å²) in [6, 6.07) is 10.3. The Morgan fingerprint density at radius 2 is 2.00 bits per heavy atom. The largest absolute Gasteiger partial charge is 0.481 e. The van der Waals surface area contributed by atoms with E-state index in [1.165, 1.54) is 17.6 Å². The van der Waals surface area contributed by atoms with E-state index in [0.29, 0.717) is 35.4 Å². The standard InChI is InChI=1S/C20H22N4O4S/c1-14-13-23(20(25)15-6-4-3-5-7-15)8-9-24(14)29(26,27)18-12-21-17-11-22-19(28-2)10-16(17)18/h3-7,10-12,14,21H,8-9,13H2,1-2H3/t14-/m1/s1. The number of rotatable bonds is 4. The van der Waals surface area contributed by atoms with E-state index >= 15 is 0 Å². The van der Waals surface area contributed by atoms with E-state index in [1.807, 2.05) is 25.1 Å². The first-order chi connectivity index (χ1) is 13.9. The highest BCUT2D eigenvalue weighted by atomic mass is 32.2. The summed E-state index contributed by atoms with van der Waals surface area (Å²) in [6.45, 7) is 2.72. The van der Waals surface area contributed by atoms with E-state index in [4.69, 9.17) is 4.74 Å². The van der Waals surface area contributed by atoms with E-state index in [1.54, 1.807) is 29.3 Å². The van der Waals surface area contributed by atoms with Gasteiger partial charge in [0.15, 0.2) is 0 Å². The number of pyridine rings is 1. The number of H-pyrrole nitrogens is 1. The van der Waals surface area contributed by atoms with Gasteiger partial charge in [0.1, 0.15) is 4.90 Å². The van der Waals surface area contributed by atoms with Crippen molar-refractivity contribution in [2.75, 3.05) is 26.7 Å². The van der Waals surface area contributed by atoms with Crippen molar-refractivity contribution in [1.29, 1.82) is 0 Å². The Morgan fingerprint density at radius 1 is 1.24 bits per heavy atom. The summed E-state index contributed by atoms with van der Waals surface area (Å²) in [5, 5.41) is 0.534. The van der Waals surface area contributed by atoms with Gasteiger partial charge in [-0.15, -0.1) is 0 Å². The number of aromatic amines is 1. The number of benzene rings is 1. The van der Waals surface area contributed by atoms with Gasteiger partial charge in [0.2, 0.25) is 15.9 Å². The number of nitrogens with one attached hydrogen (secondary N) is 1. The fourth-order valence-corrected chi connectivity index (χ4v) is 5.44. The summed E-state index contributed by atoms with van der Waals surface area (Å²) in [7, 11) is -2.27. The fourth-order valence-electron chi connectivity index (χ4n) is 3.67. The molecule has 4 rings (SSSR count). The minimum atomic E-state index is -3.75. The predicted octanol–water partition coefficient (Wildman–Crippen LogP) is 2.11. The molecule has 0 unspecified atom stereocenters. The Balaban J connectivity index is 1.59. The van der Waals surface area contributed by atoms with Crippen molar-refractivity contribution in [3.8, 4) is 5.88 Å². The second kappa shape index (κ2) is 7.49. The lowest BCUT2D eigenvalue weighted by atomic mass is 10.1. The summed E-state index contributed by atoms with van der Waals surface area (Å²) >= 11 is 0. The SMILES string of the molecule is COc1cc2c(S(=O)(=O)N3CCN(C(=O)c4ccccc4)C[C@H]3C)c[nH]c2cn1. The Hall–Kier alpha value is -2.91. The molecule has 3 aromatic rings. The van der Waals surface area contributed by atoms with Gasteiger partial charge in [-0.25, -0.2) is 13.4 Å². The van der Waals surface area contributed by atoms with Crippen molar-refractivity contribution in [1.82, 2.24) is 19.2 Å². The van der Waals surface area contributed by atoms with E-state index in [2.05, 4.69) is 9.97 Å². The number of fused-ring (bicyclic) bond motifs is 1. The second-order valence-electron chi connectivity index (χ2n) is 7.01. The van der Waals surface area contributed by atoms with Gasteiger partial charge in [-0.3, -0.25) is 4.79 Å². The topological polar surface area (TPSA) is 95.6 Å². The van der Waals surface area contributed by atoms with Crippen LogP contribution in [-0.4, -0.2) is 66.3 Å². The van der Waals surface area contributed by atoms with Crippen molar-refractivity contribution in [3.63, 3.8) is 0 Å². The molecule has 0 saturated carbocycles. The zero-order chi connectivity index (χ0) is 20.6. The van der Waals surface area contributed by atoms with Crippen molar-refractivity contribution in [2.24, 2.45) is 0 Å². The number of amides is 1. The molecule has 3 heterocycles. The molecular weight excluding hydrogens is 392 g/mol. The van der Waals surface area contributed by atoms with Gasteiger partial charge in [-0.1, -0.05) is 18.2 Å². The molecule has 9 heteroatoms. The third-order valence-corrected chi connectivity index (χ3v) is 7.23. The minimum Gasteiger partial charge on any atom is -0.481 e. The Labute approximate surface area is 169 Å². The first-order valence-corrected chi connectivity index (χ1v) is 10.7. The second-order valence-corrected chi connectivity index (χ2v) is 8.87. The highest BCUT2D eigenvalue weighted by Gasteiger charge is 2.36. The molecule has 0 aliphatic carbocycles. The van der Waals surface area contributed by atoms with Crippen molar-refractivity contribution in [3.05, 3.63) is 54.4 Å². The highest BCUT2D eigenvalue weighted by Crippen LogP contribution is 2.29. The Bertz CT molecular complexity index is 1140. The molecule has 1 fully saturated rings. The molecule has 1 aliphatic rings. The molecule has 0 spiro atoms. The van der Waals surface area contributed by atoms with Gasteiger partial charge < -0.3 is 14.6 Å². The van der Waals surface area contributed by atoms with E-state index in [9.17, 15) is 13.2 Å². The van der Waals surface area contributed by atoms with Crippen LogP contribution in [0.4, 0.5) is 0 Å². The number of piperazine rings is 1. The van der Waals surface area contributed by atoms with Crippen LogP contribution in [0.5, 0.6) is 5.88 Å². The first kappa shape index (κ1) is 19.4. The average Bonchev–Trinajstić information content (AvgIpc) is 3.17. The number of hydrogen-bond donors (Lipinski definition) is 1. The van der Waals surface area contributed by atoms with E-state index < -0.39 is 10.0 Å². The van der Waals surface area contributed by atoms with E-state index in [0.717, 1.165) is 0 Å². The number of ether oxygens (including phenoxy) is 1. The van der Waals surface area contributed by atoms with Gasteiger partial charge >= 0.3 is 0 Å². The van der Waals surface area contributed by atoms with Gasteiger partial charge in [-0.05, 0) is 19.1 Å². The van der Waals surface area contributed by atoms with Crippen LogP contribution in [0.2, 0.25) is 0 Å². The van der Waals surface area contributed by atoms with Crippen molar-refractivity contribution in [2.45, 2.75) is 17.9 Å². The monoisotopic (exact) mass is 414 g/mol. The molecule has 8 nitrogen and oxygen atoms in total. The lowest BCUT2D eigenvalue weighted by Crippen LogP contribution is -2.55. The third-order valence-electron chi connectivity index (χ3n) is 5.17. The molecule has 152 valence electrons. The van der Waals surface area contributed by atoms with Crippen LogP contribution in [0.1, 0.15) is 17.3 Å². The number of aromatic nitrogens is 2. The molecule has 1 N–H and O–H groups in total. The van der Waals surface area contributed by atoms with Crippen LogP contribution < -0.4 is 4.74 Å². The quantitative estimate of drug-likeness (QED) is 0.705. The normalized spacial score (nSPS) is 18.1. The third kappa shape index (κ3) is 3.47. The summed E-state index contributed by atoms with van der Waals surface area (Å²) in [5.74, 6) is 0.261. The van der Waals surface area contributed by atoms with E-state index in [-0.39, 0.29) is 23.4 Å². The molecule has 29 heavy (non-hydrogen) atoms. The average molecular weight is 414 g/mol. The first-order valence-electron chi connectivity index (χ1n) is 9.29. The number of sulfonamides is 1. The minimum absolute atomic E-state index is 0.0857. The summed E-state index contributed by atoms with van der Waals surface area (Å²) in [5.41, 5.74) is 1.22. The predicted molar refractivity (Wildman–Crippen MR) is 108 cm³/mol. The summed E-state index contributed by atoms with van der Waals surface area (Å²) in [6.07, 6.45) is 3.03. The summed E-state index contributed by atoms with van der Waals surface area (Å²) < 4.78 is 33.3. The van der Waals surface area contributed by atoms with Crippen molar-refractivity contribution < 1.29 is 17.9 Å². The molecule has 1 atom stereocenters. The van der Waals surface area contributed by atoms with Gasteiger partial charge in [0, 0.05) is 48.9 Å². The zero-order valence-electron chi connectivity index (χ0n) is 16.2. The zero-order valence-corrected chi connectivity index (χ0v) is 17.0. The maximum absolute atomic E-state index is 13.4. The number of nitrogens with zero attached hydrogens (tertiary/aromatic N) is 3. The number of methoxy groups -OCH3 is 1. The van der Waals surface area contributed by atoms with Crippen LogP contribution in [-0.2, 0) is 10.0 Å². The molecular formula is C20H22N4O4S. The van der Waals surface area contributed by atoms with Crippen LogP contribution in [0.25, 0.3) is 10.9 Å². The summed E-state index contributed by atoms with van der Waals surface area (Å²) in [4.78, 5) is 21.7. The van der Waals surface area contributed by atoms with Gasteiger partial charge in [0.25, 0.3) is 5.91 Å². The number of carbonyl (C=O) groups is 1. The fraction of sp³-hybridized carbons (Fsp3) is 0.300.